The number of aryl methyl sites for hydroxylation is 1. The molecule has 0 aliphatic carbocycles. The highest BCUT2D eigenvalue weighted by atomic mass is 19.4. The Morgan fingerprint density at radius 1 is 1.43 bits per heavy atom. The minimum absolute atomic E-state index is 0.357. The van der Waals surface area contributed by atoms with Crippen molar-refractivity contribution < 1.29 is 27.8 Å². The highest BCUT2D eigenvalue weighted by Gasteiger charge is 2.39. The molecule has 1 aromatic rings. The SMILES string of the molecule is COc1ccc(NCC(CCC(=O)O)C(F)(F)F)c(C)c1. The summed E-state index contributed by atoms with van der Waals surface area (Å²) in [5.41, 5.74) is 1.33. The van der Waals surface area contributed by atoms with Crippen LogP contribution in [0.15, 0.2) is 18.2 Å². The van der Waals surface area contributed by atoms with E-state index in [1.807, 2.05) is 0 Å². The van der Waals surface area contributed by atoms with Crippen LogP contribution >= 0.6 is 0 Å². The fourth-order valence-electron chi connectivity index (χ4n) is 1.87. The molecule has 0 heterocycles. The molecule has 118 valence electrons. The molecule has 1 rings (SSSR count). The standard InChI is InChI=1S/C14H18F3NO3/c1-9-7-11(21-2)4-5-12(9)18-8-10(14(15,16)17)3-6-13(19)20/h4-5,7,10,18H,3,6,8H2,1-2H3,(H,19,20). The number of carboxylic acid groups (broad SMARTS) is 1. The Kier molecular flexibility index (Phi) is 5.87. The predicted octanol–water partition coefficient (Wildman–Crippen LogP) is 3.46. The Labute approximate surface area is 120 Å². The Morgan fingerprint density at radius 2 is 2.10 bits per heavy atom. The molecule has 0 saturated carbocycles. The van der Waals surface area contributed by atoms with Gasteiger partial charge in [0.15, 0.2) is 0 Å². The van der Waals surface area contributed by atoms with E-state index < -0.39 is 30.9 Å². The number of hydrogen-bond donors (Lipinski definition) is 2. The summed E-state index contributed by atoms with van der Waals surface area (Å²) < 4.78 is 43.5. The van der Waals surface area contributed by atoms with E-state index in [0.29, 0.717) is 11.4 Å². The number of methoxy groups -OCH3 is 1. The van der Waals surface area contributed by atoms with Crippen molar-refractivity contribution in [2.75, 3.05) is 19.0 Å². The zero-order valence-electron chi connectivity index (χ0n) is 11.8. The van der Waals surface area contributed by atoms with Crippen LogP contribution in [-0.4, -0.2) is 30.9 Å². The maximum Gasteiger partial charge on any atom is 0.393 e. The molecule has 0 fully saturated rings. The smallest absolute Gasteiger partial charge is 0.393 e. The Balaban J connectivity index is 2.70. The van der Waals surface area contributed by atoms with E-state index >= 15 is 0 Å². The zero-order valence-corrected chi connectivity index (χ0v) is 11.8. The largest absolute Gasteiger partial charge is 0.497 e. The van der Waals surface area contributed by atoms with E-state index in [-0.39, 0.29) is 6.54 Å². The number of ether oxygens (including phenoxy) is 1. The van der Waals surface area contributed by atoms with Gasteiger partial charge in [0.1, 0.15) is 5.75 Å². The van der Waals surface area contributed by atoms with Gasteiger partial charge >= 0.3 is 12.1 Å². The Morgan fingerprint density at radius 3 is 2.57 bits per heavy atom. The van der Waals surface area contributed by atoms with Crippen LogP contribution < -0.4 is 10.1 Å². The molecular weight excluding hydrogens is 287 g/mol. The quantitative estimate of drug-likeness (QED) is 0.810. The molecule has 0 radical (unpaired) electrons. The van der Waals surface area contributed by atoms with E-state index in [4.69, 9.17) is 9.84 Å². The molecule has 0 aliphatic rings. The highest BCUT2D eigenvalue weighted by molar-refractivity contribution is 5.66. The van der Waals surface area contributed by atoms with Gasteiger partial charge in [-0.2, -0.15) is 13.2 Å². The third kappa shape index (κ3) is 5.53. The number of nitrogens with one attached hydrogen (secondary N) is 1. The molecule has 0 amide bonds. The second-order valence-corrected chi connectivity index (χ2v) is 4.73. The molecule has 1 atom stereocenters. The van der Waals surface area contributed by atoms with Gasteiger partial charge in [0.05, 0.1) is 13.0 Å². The molecule has 0 bridgehead atoms. The molecule has 4 nitrogen and oxygen atoms in total. The second kappa shape index (κ2) is 7.19. The van der Waals surface area contributed by atoms with Gasteiger partial charge in [-0.15, -0.1) is 0 Å². The molecule has 7 heteroatoms. The minimum Gasteiger partial charge on any atom is -0.497 e. The van der Waals surface area contributed by atoms with E-state index in [1.165, 1.54) is 7.11 Å². The number of carboxylic acids is 1. The van der Waals surface area contributed by atoms with Crippen molar-refractivity contribution in [1.29, 1.82) is 0 Å². The van der Waals surface area contributed by atoms with Crippen molar-refractivity contribution in [3.8, 4) is 5.75 Å². The molecule has 0 aromatic heterocycles. The molecule has 1 aromatic carbocycles. The number of rotatable bonds is 7. The second-order valence-electron chi connectivity index (χ2n) is 4.73. The van der Waals surface area contributed by atoms with Gasteiger partial charge in [0, 0.05) is 18.7 Å². The van der Waals surface area contributed by atoms with Gasteiger partial charge in [-0.3, -0.25) is 4.79 Å². The average Bonchev–Trinajstić information content (AvgIpc) is 2.38. The van der Waals surface area contributed by atoms with E-state index in [0.717, 1.165) is 5.56 Å². The van der Waals surface area contributed by atoms with Crippen LogP contribution in [0.3, 0.4) is 0 Å². The van der Waals surface area contributed by atoms with Crippen LogP contribution in [0, 0.1) is 12.8 Å². The third-order valence-electron chi connectivity index (χ3n) is 3.14. The number of hydrogen-bond acceptors (Lipinski definition) is 3. The summed E-state index contributed by atoms with van der Waals surface area (Å²) in [7, 11) is 1.51. The maximum absolute atomic E-state index is 12.8. The van der Waals surface area contributed by atoms with Crippen molar-refractivity contribution >= 4 is 11.7 Å². The van der Waals surface area contributed by atoms with Gasteiger partial charge in [0.25, 0.3) is 0 Å². The first-order valence-electron chi connectivity index (χ1n) is 6.41. The molecule has 1 unspecified atom stereocenters. The number of aliphatic carboxylic acids is 1. The van der Waals surface area contributed by atoms with Gasteiger partial charge in [-0.05, 0) is 37.1 Å². The lowest BCUT2D eigenvalue weighted by atomic mass is 10.0. The van der Waals surface area contributed by atoms with Gasteiger partial charge in [0.2, 0.25) is 0 Å². The van der Waals surface area contributed by atoms with Crippen molar-refractivity contribution in [3.05, 3.63) is 23.8 Å². The Bertz CT molecular complexity index is 489. The predicted molar refractivity (Wildman–Crippen MR) is 72.6 cm³/mol. The monoisotopic (exact) mass is 305 g/mol. The molecule has 0 saturated heterocycles. The summed E-state index contributed by atoms with van der Waals surface area (Å²) >= 11 is 0. The summed E-state index contributed by atoms with van der Waals surface area (Å²) in [5, 5.41) is 11.2. The van der Waals surface area contributed by atoms with Gasteiger partial charge in [-0.1, -0.05) is 0 Å². The van der Waals surface area contributed by atoms with Gasteiger partial charge in [-0.25, -0.2) is 0 Å². The first-order valence-corrected chi connectivity index (χ1v) is 6.41. The van der Waals surface area contributed by atoms with E-state index in [2.05, 4.69) is 5.32 Å². The molecule has 21 heavy (non-hydrogen) atoms. The lowest BCUT2D eigenvalue weighted by Crippen LogP contribution is -2.30. The van der Waals surface area contributed by atoms with E-state index in [9.17, 15) is 18.0 Å². The first kappa shape index (κ1) is 17.1. The summed E-state index contributed by atoms with van der Waals surface area (Å²) in [6, 6.07) is 5.00. The maximum atomic E-state index is 12.8. The topological polar surface area (TPSA) is 58.6 Å². The fourth-order valence-corrected chi connectivity index (χ4v) is 1.87. The molecule has 0 aliphatic heterocycles. The normalized spacial score (nSPS) is 12.8. The minimum atomic E-state index is -4.43. The first-order chi connectivity index (χ1) is 9.74. The third-order valence-corrected chi connectivity index (χ3v) is 3.14. The number of carbonyl (C=O) groups is 1. The highest BCUT2D eigenvalue weighted by Crippen LogP contribution is 2.31. The molecule has 0 spiro atoms. The summed E-state index contributed by atoms with van der Waals surface area (Å²) in [5.74, 6) is -2.31. The van der Waals surface area contributed by atoms with Crippen LogP contribution in [0.4, 0.5) is 18.9 Å². The Hall–Kier alpha value is -1.92. The van der Waals surface area contributed by atoms with Crippen LogP contribution in [0.1, 0.15) is 18.4 Å². The number of halogens is 3. The molecule has 2 N–H and O–H groups in total. The van der Waals surface area contributed by atoms with Crippen molar-refractivity contribution in [3.63, 3.8) is 0 Å². The van der Waals surface area contributed by atoms with Gasteiger partial charge < -0.3 is 15.2 Å². The van der Waals surface area contributed by atoms with Crippen molar-refractivity contribution in [2.24, 2.45) is 5.92 Å². The van der Waals surface area contributed by atoms with E-state index in [1.54, 1.807) is 25.1 Å². The number of alkyl halides is 3. The van der Waals surface area contributed by atoms with Crippen molar-refractivity contribution in [2.45, 2.75) is 25.9 Å². The average molecular weight is 305 g/mol. The van der Waals surface area contributed by atoms with Crippen LogP contribution in [0.25, 0.3) is 0 Å². The summed E-state index contributed by atoms with van der Waals surface area (Å²) in [6.07, 6.45) is -5.38. The number of benzene rings is 1. The van der Waals surface area contributed by atoms with Crippen LogP contribution in [0.5, 0.6) is 5.75 Å². The van der Waals surface area contributed by atoms with Crippen LogP contribution in [-0.2, 0) is 4.79 Å². The van der Waals surface area contributed by atoms with Crippen LogP contribution in [0.2, 0.25) is 0 Å². The lowest BCUT2D eigenvalue weighted by molar-refractivity contribution is -0.173. The summed E-state index contributed by atoms with van der Waals surface area (Å²) in [4.78, 5) is 10.4. The number of anilines is 1. The van der Waals surface area contributed by atoms with Crippen molar-refractivity contribution in [1.82, 2.24) is 0 Å². The lowest BCUT2D eigenvalue weighted by Gasteiger charge is -2.21. The zero-order chi connectivity index (χ0) is 16.0. The molecular formula is C14H18F3NO3. The fraction of sp³-hybridized carbons (Fsp3) is 0.500. The summed E-state index contributed by atoms with van der Waals surface area (Å²) in [6.45, 7) is 1.40.